The predicted octanol–water partition coefficient (Wildman–Crippen LogP) is -1.71. The summed E-state index contributed by atoms with van der Waals surface area (Å²) < 4.78 is 0. The van der Waals surface area contributed by atoms with Crippen LogP contribution in [0.25, 0.3) is 0 Å². The van der Waals surface area contributed by atoms with E-state index in [0.717, 1.165) is 13.1 Å². The second kappa shape index (κ2) is 10.6. The molecule has 0 aromatic carbocycles. The molecule has 0 saturated carbocycles. The molecule has 0 fully saturated rings. The maximum atomic E-state index is 3.57. The summed E-state index contributed by atoms with van der Waals surface area (Å²) in [6.45, 7) is 7.76. The van der Waals surface area contributed by atoms with Crippen molar-refractivity contribution in [1.82, 2.24) is 5.32 Å². The Morgan fingerprint density at radius 2 is 2.38 bits per heavy atom. The van der Waals surface area contributed by atoms with Crippen molar-refractivity contribution >= 4 is 0 Å². The molecule has 0 rings (SSSR count). The molecule has 0 heterocycles. The van der Waals surface area contributed by atoms with Crippen molar-refractivity contribution in [2.45, 2.75) is 13.3 Å². The van der Waals surface area contributed by atoms with E-state index in [-0.39, 0.29) is 31.0 Å². The topological polar surface area (TPSA) is 12.0 Å². The summed E-state index contributed by atoms with van der Waals surface area (Å²) in [4.78, 5) is 0. The molecule has 0 aromatic heterocycles. The molecular formula is C6H14NNa. The maximum absolute atomic E-state index is 3.57. The molecular weight excluding hydrogens is 109 g/mol. The monoisotopic (exact) mass is 123 g/mol. The van der Waals surface area contributed by atoms with E-state index in [4.69, 9.17) is 0 Å². The Morgan fingerprint density at radius 3 is 2.75 bits per heavy atom. The van der Waals surface area contributed by atoms with Gasteiger partial charge in [-0.25, -0.2) is 0 Å². The van der Waals surface area contributed by atoms with Gasteiger partial charge in [0.25, 0.3) is 0 Å². The smallest absolute Gasteiger partial charge is 1.00 e. The molecule has 0 radical (unpaired) electrons. The maximum Gasteiger partial charge on any atom is 1.00 e. The molecule has 0 saturated heterocycles. The number of nitrogens with one attached hydrogen (secondary N) is 1. The number of hydrogen-bond acceptors (Lipinski definition) is 1. The van der Waals surface area contributed by atoms with Crippen LogP contribution in [0.5, 0.6) is 0 Å². The molecule has 0 atom stereocenters. The van der Waals surface area contributed by atoms with Gasteiger partial charge >= 0.3 is 29.6 Å². The Morgan fingerprint density at radius 1 is 1.75 bits per heavy atom. The summed E-state index contributed by atoms with van der Waals surface area (Å²) in [6, 6.07) is 0. The van der Waals surface area contributed by atoms with Gasteiger partial charge in [-0.1, -0.05) is 13.0 Å². The minimum absolute atomic E-state index is 0. The molecule has 0 bridgehead atoms. The molecule has 44 valence electrons. The van der Waals surface area contributed by atoms with Crippen molar-refractivity contribution in [2.24, 2.45) is 0 Å². The third kappa shape index (κ3) is 9.85. The fourth-order valence-corrected chi connectivity index (χ4v) is 0.381. The minimum atomic E-state index is 0. The summed E-state index contributed by atoms with van der Waals surface area (Å²) in [5.41, 5.74) is 0. The third-order valence-electron chi connectivity index (χ3n) is 0.715. The van der Waals surface area contributed by atoms with E-state index in [0.29, 0.717) is 0 Å². The van der Waals surface area contributed by atoms with Crippen molar-refractivity contribution in [3.63, 3.8) is 0 Å². The van der Waals surface area contributed by atoms with E-state index in [1.807, 2.05) is 6.08 Å². The van der Waals surface area contributed by atoms with E-state index in [9.17, 15) is 0 Å². The Kier molecular flexibility index (Phi) is 15.3. The zero-order valence-corrected chi connectivity index (χ0v) is 7.91. The number of rotatable bonds is 4. The van der Waals surface area contributed by atoms with Gasteiger partial charge in [-0.2, -0.15) is 0 Å². The molecule has 1 nitrogen and oxygen atoms in total. The average Bonchev–Trinajstić information content (AvgIpc) is 1.69. The molecule has 0 amide bonds. The van der Waals surface area contributed by atoms with Crippen molar-refractivity contribution in [1.29, 1.82) is 0 Å². The fraction of sp³-hybridized carbons (Fsp3) is 0.667. The van der Waals surface area contributed by atoms with Gasteiger partial charge in [-0.05, 0) is 13.0 Å². The van der Waals surface area contributed by atoms with Crippen LogP contribution in [0.3, 0.4) is 0 Å². The summed E-state index contributed by atoms with van der Waals surface area (Å²) in [5.74, 6) is 0. The quantitative estimate of drug-likeness (QED) is 0.267. The van der Waals surface area contributed by atoms with E-state index >= 15 is 0 Å². The van der Waals surface area contributed by atoms with Crippen LogP contribution in [0.1, 0.15) is 14.8 Å². The van der Waals surface area contributed by atoms with Crippen LogP contribution in [0.15, 0.2) is 12.7 Å². The average molecular weight is 123 g/mol. The van der Waals surface area contributed by atoms with Gasteiger partial charge < -0.3 is 6.74 Å². The van der Waals surface area contributed by atoms with Crippen LogP contribution in [0.2, 0.25) is 0 Å². The molecule has 8 heavy (non-hydrogen) atoms. The summed E-state index contributed by atoms with van der Waals surface area (Å²) >= 11 is 0. The molecule has 0 aliphatic heterocycles. The third-order valence-corrected chi connectivity index (χ3v) is 0.715. The SMILES string of the molecule is C=CCNCCC.[H-].[Na+]. The zero-order valence-electron chi connectivity index (χ0n) is 6.91. The molecule has 1 N–H and O–H groups in total. The van der Waals surface area contributed by atoms with Gasteiger partial charge in [0, 0.05) is 6.54 Å². The molecule has 0 unspecified atom stereocenters. The van der Waals surface area contributed by atoms with Crippen LogP contribution in [0.4, 0.5) is 0 Å². The van der Waals surface area contributed by atoms with E-state index in [1.165, 1.54) is 6.42 Å². The van der Waals surface area contributed by atoms with E-state index in [2.05, 4.69) is 18.8 Å². The van der Waals surface area contributed by atoms with E-state index < -0.39 is 0 Å². The van der Waals surface area contributed by atoms with Crippen molar-refractivity contribution in [3.05, 3.63) is 12.7 Å². The Hall–Kier alpha value is 0.700. The molecule has 2 heteroatoms. The van der Waals surface area contributed by atoms with Crippen molar-refractivity contribution < 1.29 is 31.0 Å². The standard InChI is InChI=1S/C6H13N.Na.H/c1-3-5-7-6-4-2;;/h3,7H,1,4-6H2,2H3;;/q;+1;-1. The van der Waals surface area contributed by atoms with Crippen LogP contribution in [-0.4, -0.2) is 13.1 Å². The van der Waals surface area contributed by atoms with Gasteiger partial charge in [-0.3, -0.25) is 0 Å². The zero-order chi connectivity index (χ0) is 5.54. The first kappa shape index (κ1) is 11.5. The van der Waals surface area contributed by atoms with Crippen LogP contribution < -0.4 is 34.9 Å². The first-order valence-electron chi connectivity index (χ1n) is 2.73. The van der Waals surface area contributed by atoms with Gasteiger partial charge in [-0.15, -0.1) is 6.58 Å². The van der Waals surface area contributed by atoms with Crippen LogP contribution in [-0.2, 0) is 0 Å². The van der Waals surface area contributed by atoms with E-state index in [1.54, 1.807) is 0 Å². The normalized spacial score (nSPS) is 7.62. The minimum Gasteiger partial charge on any atom is -1.00 e. The summed E-state index contributed by atoms with van der Waals surface area (Å²) in [7, 11) is 0. The van der Waals surface area contributed by atoms with Gasteiger partial charge in [0.2, 0.25) is 0 Å². The molecule has 0 aliphatic carbocycles. The summed E-state index contributed by atoms with van der Waals surface area (Å²) in [6.07, 6.45) is 3.07. The van der Waals surface area contributed by atoms with Crippen LogP contribution in [0, 0.1) is 0 Å². The Balaban J connectivity index is -0.000000180. The fourth-order valence-electron chi connectivity index (χ4n) is 0.381. The summed E-state index contributed by atoms with van der Waals surface area (Å²) in [5, 5.41) is 3.17. The second-order valence-corrected chi connectivity index (χ2v) is 1.49. The number of hydrogen-bond donors (Lipinski definition) is 1. The molecule has 0 aliphatic rings. The molecule has 0 aromatic rings. The van der Waals surface area contributed by atoms with Crippen LogP contribution >= 0.6 is 0 Å². The first-order chi connectivity index (χ1) is 3.41. The Bertz CT molecular complexity index is 50.3. The molecule has 0 spiro atoms. The van der Waals surface area contributed by atoms with Gasteiger partial charge in [0.05, 0.1) is 0 Å². The largest absolute Gasteiger partial charge is 1.00 e. The van der Waals surface area contributed by atoms with Gasteiger partial charge in [0.15, 0.2) is 0 Å². The van der Waals surface area contributed by atoms with Crippen molar-refractivity contribution in [2.75, 3.05) is 13.1 Å². The Labute approximate surface area is 75.3 Å². The second-order valence-electron chi connectivity index (χ2n) is 1.49. The van der Waals surface area contributed by atoms with Gasteiger partial charge in [0.1, 0.15) is 0 Å². The first-order valence-corrected chi connectivity index (χ1v) is 2.73. The predicted molar refractivity (Wildman–Crippen MR) is 34.5 cm³/mol. The van der Waals surface area contributed by atoms with Crippen molar-refractivity contribution in [3.8, 4) is 0 Å².